The normalized spacial score (nSPS) is 12.0. The number of aromatic nitrogens is 3. The van der Waals surface area contributed by atoms with Gasteiger partial charge in [0, 0.05) is 17.7 Å². The van der Waals surface area contributed by atoms with E-state index in [1.165, 1.54) is 6.20 Å². The van der Waals surface area contributed by atoms with E-state index in [2.05, 4.69) is 20.3 Å². The van der Waals surface area contributed by atoms with Gasteiger partial charge in [0.1, 0.15) is 11.3 Å². The Morgan fingerprint density at radius 3 is 2.48 bits per heavy atom. The monoisotopic (exact) mass is 384 g/mol. The van der Waals surface area contributed by atoms with Crippen molar-refractivity contribution < 1.29 is 14.6 Å². The Hall–Kier alpha value is -2.93. The van der Waals surface area contributed by atoms with Crippen LogP contribution in [0.5, 0.6) is 0 Å². The second kappa shape index (κ2) is 8.18. The molecule has 0 aliphatic heterocycles. The number of amides is 1. The Kier molecular flexibility index (Phi) is 5.71. The summed E-state index contributed by atoms with van der Waals surface area (Å²) >= 11 is 0. The fourth-order valence-corrected chi connectivity index (χ4v) is 2.86. The second-order valence-corrected chi connectivity index (χ2v) is 6.86. The number of nitrogens with zero attached hydrogens (tertiary/aromatic N) is 2. The first kappa shape index (κ1) is 18.8. The van der Waals surface area contributed by atoms with Crippen molar-refractivity contribution in [2.75, 3.05) is 0 Å². The van der Waals surface area contributed by atoms with Gasteiger partial charge < -0.3 is 20.1 Å². The number of rotatable bonds is 5. The van der Waals surface area contributed by atoms with Crippen LogP contribution in [0.4, 0.5) is 0 Å². The van der Waals surface area contributed by atoms with Gasteiger partial charge in [0.2, 0.25) is 0 Å². The molecule has 0 saturated heterocycles. The highest BCUT2D eigenvalue weighted by Crippen LogP contribution is 2.23. The lowest BCUT2D eigenvalue weighted by molar-refractivity contribution is 0.0938. The molecule has 0 radical (unpaired) electrons. The number of aromatic amines is 1. The minimum atomic E-state index is -2.15. The topological polar surface area (TPSA) is 128 Å². The van der Waals surface area contributed by atoms with Crippen LogP contribution < -0.4 is 16.2 Å². The second-order valence-electron chi connectivity index (χ2n) is 5.77. The van der Waals surface area contributed by atoms with Gasteiger partial charge in [-0.2, -0.15) is 0 Å². The average Bonchev–Trinajstić information content (AvgIpc) is 2.68. The van der Waals surface area contributed by atoms with Gasteiger partial charge in [-0.1, -0.05) is 18.2 Å². The Morgan fingerprint density at radius 2 is 1.89 bits per heavy atom. The van der Waals surface area contributed by atoms with Crippen LogP contribution in [-0.4, -0.2) is 30.6 Å². The molecule has 138 valence electrons. The van der Waals surface area contributed by atoms with Crippen molar-refractivity contribution >= 4 is 19.6 Å². The quantitative estimate of drug-likeness (QED) is 0.490. The molecule has 2 heterocycles. The minimum Gasteiger partial charge on any atom is -0.347 e. The lowest BCUT2D eigenvalue weighted by Gasteiger charge is -2.15. The molecule has 27 heavy (non-hydrogen) atoms. The summed E-state index contributed by atoms with van der Waals surface area (Å²) in [5.41, 5.74) is 0.602. The van der Waals surface area contributed by atoms with Crippen molar-refractivity contribution in [3.05, 3.63) is 76.3 Å². The highest BCUT2D eigenvalue weighted by molar-refractivity contribution is 7.54. The molecule has 1 aromatic carbocycles. The van der Waals surface area contributed by atoms with Crippen LogP contribution in [0.25, 0.3) is 11.5 Å². The largest absolute Gasteiger partial charge is 0.347 e. The Morgan fingerprint density at radius 1 is 1.15 bits per heavy atom. The molecule has 4 N–H and O–H groups in total. The van der Waals surface area contributed by atoms with Gasteiger partial charge in [-0.05, 0) is 36.8 Å². The first-order valence-electron chi connectivity index (χ1n) is 8.05. The molecule has 9 heteroatoms. The zero-order valence-corrected chi connectivity index (χ0v) is 15.2. The molecule has 8 nitrogen and oxygen atoms in total. The van der Waals surface area contributed by atoms with Crippen molar-refractivity contribution in [1.82, 2.24) is 20.3 Å². The van der Waals surface area contributed by atoms with Crippen LogP contribution >= 0.6 is 8.38 Å². The van der Waals surface area contributed by atoms with Crippen molar-refractivity contribution in [1.29, 1.82) is 0 Å². The third-order valence-corrected chi connectivity index (χ3v) is 4.68. The molecule has 3 rings (SSSR count). The van der Waals surface area contributed by atoms with E-state index in [-0.39, 0.29) is 17.4 Å². The Balaban J connectivity index is 1.75. The maximum Gasteiger partial charge on any atom is 0.264 e. The van der Waals surface area contributed by atoms with Crippen LogP contribution in [0.2, 0.25) is 0 Å². The predicted octanol–water partition coefficient (Wildman–Crippen LogP) is 1.24. The Bertz CT molecular complexity index is 990. The van der Waals surface area contributed by atoms with E-state index in [1.54, 1.807) is 55.6 Å². The van der Waals surface area contributed by atoms with E-state index in [9.17, 15) is 19.4 Å². The SMILES string of the molecule is CC(NC(=O)c1cnc(-c2ccccn2)[nH]c1=O)c1ccc(P(O)O)cc1. The highest BCUT2D eigenvalue weighted by atomic mass is 31.2. The standard InChI is InChI=1S/C18H17N4O4P/c1-11(12-5-7-13(8-6-12)27(25)26)21-17(23)14-10-20-16(22-18(14)24)15-4-2-3-9-19-15/h2-11,25-26H,1H3,(H,21,23)(H,20,22,24). The van der Waals surface area contributed by atoms with Crippen molar-refractivity contribution in [3.8, 4) is 11.5 Å². The number of hydrogen-bond donors (Lipinski definition) is 4. The summed E-state index contributed by atoms with van der Waals surface area (Å²) in [7, 11) is -2.15. The maximum absolute atomic E-state index is 12.4. The van der Waals surface area contributed by atoms with Gasteiger partial charge in [0.15, 0.2) is 14.2 Å². The molecule has 0 spiro atoms. The molecule has 1 atom stereocenters. The van der Waals surface area contributed by atoms with Crippen LogP contribution in [-0.2, 0) is 0 Å². The van der Waals surface area contributed by atoms with Crippen LogP contribution in [0.3, 0.4) is 0 Å². The van der Waals surface area contributed by atoms with Crippen molar-refractivity contribution in [3.63, 3.8) is 0 Å². The number of H-pyrrole nitrogens is 1. The third kappa shape index (κ3) is 4.43. The molecule has 1 amide bonds. The van der Waals surface area contributed by atoms with Crippen LogP contribution in [0.15, 0.2) is 59.7 Å². The summed E-state index contributed by atoms with van der Waals surface area (Å²) in [6.45, 7) is 1.76. The summed E-state index contributed by atoms with van der Waals surface area (Å²) < 4.78 is 0. The average molecular weight is 384 g/mol. The molecule has 0 aliphatic rings. The molecule has 2 aromatic heterocycles. The first-order chi connectivity index (χ1) is 13.0. The van der Waals surface area contributed by atoms with E-state index >= 15 is 0 Å². The molecule has 3 aromatic rings. The summed E-state index contributed by atoms with van der Waals surface area (Å²) in [5.74, 6) is -0.273. The lowest BCUT2D eigenvalue weighted by atomic mass is 10.1. The third-order valence-electron chi connectivity index (χ3n) is 3.92. The number of benzene rings is 1. The predicted molar refractivity (Wildman–Crippen MR) is 101 cm³/mol. The van der Waals surface area contributed by atoms with Gasteiger partial charge in [-0.3, -0.25) is 14.6 Å². The Labute approximate surface area is 155 Å². The number of carbonyl (C=O) groups excluding carboxylic acids is 1. The van der Waals surface area contributed by atoms with Gasteiger partial charge in [0.05, 0.1) is 6.04 Å². The highest BCUT2D eigenvalue weighted by Gasteiger charge is 2.16. The maximum atomic E-state index is 12.4. The van der Waals surface area contributed by atoms with Gasteiger partial charge in [0.25, 0.3) is 11.5 Å². The minimum absolute atomic E-state index is 0.104. The van der Waals surface area contributed by atoms with E-state index in [4.69, 9.17) is 0 Å². The molecule has 0 aliphatic carbocycles. The fourth-order valence-electron chi connectivity index (χ4n) is 2.44. The number of hydrogen-bond acceptors (Lipinski definition) is 6. The summed E-state index contributed by atoms with van der Waals surface area (Å²) in [4.78, 5) is 53.8. The molecule has 0 saturated carbocycles. The molecule has 1 unspecified atom stereocenters. The number of pyridine rings is 1. The van der Waals surface area contributed by atoms with Gasteiger partial charge >= 0.3 is 0 Å². The zero-order valence-electron chi connectivity index (χ0n) is 14.3. The summed E-state index contributed by atoms with van der Waals surface area (Å²) in [5, 5.41) is 3.14. The van der Waals surface area contributed by atoms with Crippen LogP contribution in [0.1, 0.15) is 28.9 Å². The van der Waals surface area contributed by atoms with E-state index in [0.717, 1.165) is 5.56 Å². The number of carbonyl (C=O) groups is 1. The van der Waals surface area contributed by atoms with Gasteiger partial charge in [-0.15, -0.1) is 0 Å². The number of nitrogens with one attached hydrogen (secondary N) is 2. The molecular formula is C18H17N4O4P. The zero-order chi connectivity index (χ0) is 19.4. The van der Waals surface area contributed by atoms with Gasteiger partial charge in [-0.25, -0.2) is 4.98 Å². The van der Waals surface area contributed by atoms with Crippen molar-refractivity contribution in [2.24, 2.45) is 0 Å². The fraction of sp³-hybridized carbons (Fsp3) is 0.111. The van der Waals surface area contributed by atoms with Crippen molar-refractivity contribution in [2.45, 2.75) is 13.0 Å². The summed E-state index contributed by atoms with van der Waals surface area (Å²) in [6, 6.07) is 11.4. The molecule has 0 fully saturated rings. The smallest absolute Gasteiger partial charge is 0.264 e. The van der Waals surface area contributed by atoms with E-state index < -0.39 is 19.8 Å². The lowest BCUT2D eigenvalue weighted by Crippen LogP contribution is -2.32. The van der Waals surface area contributed by atoms with Crippen LogP contribution in [0, 0.1) is 0 Å². The molecular weight excluding hydrogens is 367 g/mol. The van der Waals surface area contributed by atoms with E-state index in [0.29, 0.717) is 11.0 Å². The first-order valence-corrected chi connectivity index (χ1v) is 9.30. The van der Waals surface area contributed by atoms with E-state index in [1.807, 2.05) is 0 Å². The molecule has 0 bridgehead atoms. The summed E-state index contributed by atoms with van der Waals surface area (Å²) in [6.07, 6.45) is 2.80.